The molecule has 0 bridgehead atoms. The van der Waals surface area contributed by atoms with Crippen LogP contribution in [0, 0.1) is 11.6 Å². The molecular formula is C25H17F2NO5S. The fraction of sp³-hybridized carbons (Fsp3) is 0.0800. The first kappa shape index (κ1) is 23.2. The largest absolute Gasteiger partial charge is 0.507 e. The summed E-state index contributed by atoms with van der Waals surface area (Å²) >= 11 is 0.663. The lowest BCUT2D eigenvalue weighted by molar-refractivity contribution is -0.123. The Bertz CT molecular complexity index is 1290. The van der Waals surface area contributed by atoms with Crippen molar-refractivity contribution >= 4 is 35.0 Å². The van der Waals surface area contributed by atoms with Gasteiger partial charge in [-0.1, -0.05) is 36.4 Å². The lowest BCUT2D eigenvalue weighted by atomic mass is 10.1. The lowest BCUT2D eigenvalue weighted by Gasteiger charge is -2.12. The minimum atomic E-state index is -0.812. The van der Waals surface area contributed by atoms with Gasteiger partial charge in [0.25, 0.3) is 11.1 Å². The van der Waals surface area contributed by atoms with Crippen LogP contribution >= 0.6 is 11.8 Å². The molecule has 0 atom stereocenters. The van der Waals surface area contributed by atoms with Crippen molar-refractivity contribution in [1.29, 1.82) is 0 Å². The fourth-order valence-corrected chi connectivity index (χ4v) is 4.12. The van der Waals surface area contributed by atoms with Crippen LogP contribution in [0.4, 0.5) is 13.6 Å². The smallest absolute Gasteiger partial charge is 0.342 e. The predicted molar refractivity (Wildman–Crippen MR) is 122 cm³/mol. The van der Waals surface area contributed by atoms with E-state index >= 15 is 0 Å². The molecule has 1 N–H and O–H groups in total. The molecule has 1 aliphatic rings. The third-order valence-corrected chi connectivity index (χ3v) is 5.80. The number of carbonyl (C=O) groups excluding carboxylic acids is 3. The van der Waals surface area contributed by atoms with Crippen molar-refractivity contribution in [3.8, 4) is 5.75 Å². The first-order valence-corrected chi connectivity index (χ1v) is 10.9. The number of thioether (sulfide) groups is 1. The Kier molecular flexibility index (Phi) is 6.74. The van der Waals surface area contributed by atoms with Crippen LogP contribution < -0.4 is 0 Å². The molecule has 1 heterocycles. The van der Waals surface area contributed by atoms with E-state index in [9.17, 15) is 28.3 Å². The zero-order valence-corrected chi connectivity index (χ0v) is 18.4. The van der Waals surface area contributed by atoms with Crippen LogP contribution in [0.5, 0.6) is 5.75 Å². The van der Waals surface area contributed by atoms with Crippen LogP contribution in [0.2, 0.25) is 0 Å². The normalized spacial score (nSPS) is 14.6. The zero-order valence-electron chi connectivity index (χ0n) is 17.5. The van der Waals surface area contributed by atoms with E-state index in [4.69, 9.17) is 4.74 Å². The number of imide groups is 1. The van der Waals surface area contributed by atoms with E-state index in [1.807, 2.05) is 6.07 Å². The second kappa shape index (κ2) is 9.88. The van der Waals surface area contributed by atoms with Gasteiger partial charge in [-0.05, 0) is 58.8 Å². The average molecular weight is 481 g/mol. The fourth-order valence-electron chi connectivity index (χ4n) is 3.28. The second-order valence-electron chi connectivity index (χ2n) is 7.38. The van der Waals surface area contributed by atoms with Gasteiger partial charge in [0.05, 0.1) is 11.4 Å². The minimum absolute atomic E-state index is 0.0168. The summed E-state index contributed by atoms with van der Waals surface area (Å²) in [7, 11) is 0. The van der Waals surface area contributed by atoms with Crippen molar-refractivity contribution in [2.45, 2.75) is 13.2 Å². The van der Waals surface area contributed by atoms with Crippen molar-refractivity contribution in [2.75, 3.05) is 0 Å². The summed E-state index contributed by atoms with van der Waals surface area (Å²) in [6, 6.07) is 15.9. The van der Waals surface area contributed by atoms with Gasteiger partial charge in [0.2, 0.25) is 0 Å². The number of hydrogen-bond donors (Lipinski definition) is 1. The van der Waals surface area contributed by atoms with Gasteiger partial charge in [-0.3, -0.25) is 14.5 Å². The van der Waals surface area contributed by atoms with E-state index in [1.54, 1.807) is 24.3 Å². The summed E-state index contributed by atoms with van der Waals surface area (Å²) in [5.74, 6) is -3.31. The van der Waals surface area contributed by atoms with Crippen LogP contribution in [0.25, 0.3) is 6.08 Å². The Morgan fingerprint density at radius 2 is 1.68 bits per heavy atom. The number of nitrogens with zero attached hydrogens (tertiary/aromatic N) is 1. The van der Waals surface area contributed by atoms with Crippen molar-refractivity contribution in [3.63, 3.8) is 0 Å². The number of phenols is 1. The van der Waals surface area contributed by atoms with E-state index in [2.05, 4.69) is 0 Å². The van der Waals surface area contributed by atoms with Crippen LogP contribution in [0.15, 0.2) is 71.6 Å². The van der Waals surface area contributed by atoms with Crippen molar-refractivity contribution < 1.29 is 33.0 Å². The molecule has 0 saturated carbocycles. The highest BCUT2D eigenvalue weighted by Gasteiger charge is 2.35. The Balaban J connectivity index is 1.50. The van der Waals surface area contributed by atoms with E-state index in [0.717, 1.165) is 22.6 Å². The number of phenolic OH excluding ortho intramolecular Hbond substituents is 1. The Morgan fingerprint density at radius 3 is 2.38 bits per heavy atom. The standard InChI is InChI=1S/C25H17F2NO5S/c26-18-8-17(9-19(27)12-18)13-28-23(30)22(34-25(28)32)11-16-6-7-21(29)20(10-16)24(31)33-14-15-4-2-1-3-5-15/h1-12,29H,13-14H2. The third-order valence-electron chi connectivity index (χ3n) is 4.89. The number of amides is 2. The van der Waals surface area contributed by atoms with Gasteiger partial charge in [-0.15, -0.1) is 0 Å². The summed E-state index contributed by atoms with van der Waals surface area (Å²) in [4.78, 5) is 38.5. The van der Waals surface area contributed by atoms with Gasteiger partial charge in [0, 0.05) is 6.07 Å². The van der Waals surface area contributed by atoms with Gasteiger partial charge < -0.3 is 9.84 Å². The third kappa shape index (κ3) is 5.32. The van der Waals surface area contributed by atoms with Crippen molar-refractivity contribution in [3.05, 3.63) is 106 Å². The number of halogens is 2. The maximum Gasteiger partial charge on any atom is 0.342 e. The molecule has 3 aromatic rings. The summed E-state index contributed by atoms with van der Waals surface area (Å²) in [6.07, 6.45) is 1.39. The molecule has 0 spiro atoms. The summed E-state index contributed by atoms with van der Waals surface area (Å²) in [5.41, 5.74) is 1.19. The van der Waals surface area contributed by atoms with Crippen LogP contribution in [0.3, 0.4) is 0 Å². The molecule has 1 fully saturated rings. The van der Waals surface area contributed by atoms with Gasteiger partial charge in [0.15, 0.2) is 0 Å². The van der Waals surface area contributed by atoms with Gasteiger partial charge >= 0.3 is 5.97 Å². The Hall–Kier alpha value is -3.98. The maximum atomic E-state index is 13.4. The van der Waals surface area contributed by atoms with E-state index in [0.29, 0.717) is 23.4 Å². The summed E-state index contributed by atoms with van der Waals surface area (Å²) in [5, 5.41) is 9.50. The maximum absolute atomic E-state index is 13.4. The molecule has 0 unspecified atom stereocenters. The lowest BCUT2D eigenvalue weighted by Crippen LogP contribution is -2.27. The Labute approximate surface area is 197 Å². The van der Waals surface area contributed by atoms with E-state index in [1.165, 1.54) is 24.3 Å². The van der Waals surface area contributed by atoms with Crippen LogP contribution in [0.1, 0.15) is 27.0 Å². The molecule has 172 valence electrons. The topological polar surface area (TPSA) is 83.9 Å². The number of aromatic hydroxyl groups is 1. The highest BCUT2D eigenvalue weighted by molar-refractivity contribution is 8.18. The quantitative estimate of drug-likeness (QED) is 0.382. The highest BCUT2D eigenvalue weighted by atomic mass is 32.2. The molecule has 34 heavy (non-hydrogen) atoms. The highest BCUT2D eigenvalue weighted by Crippen LogP contribution is 2.34. The second-order valence-corrected chi connectivity index (χ2v) is 8.38. The summed E-state index contributed by atoms with van der Waals surface area (Å²) in [6.45, 7) is -0.272. The Morgan fingerprint density at radius 1 is 0.971 bits per heavy atom. The van der Waals surface area contributed by atoms with Crippen molar-refractivity contribution in [2.24, 2.45) is 0 Å². The summed E-state index contributed by atoms with van der Waals surface area (Å²) < 4.78 is 32.1. The van der Waals surface area contributed by atoms with Crippen LogP contribution in [-0.2, 0) is 22.7 Å². The number of carbonyl (C=O) groups is 3. The number of benzene rings is 3. The molecule has 1 aliphatic heterocycles. The molecular weight excluding hydrogens is 464 g/mol. The van der Waals surface area contributed by atoms with E-state index < -0.39 is 28.8 Å². The molecule has 2 amide bonds. The molecule has 0 aliphatic carbocycles. The van der Waals surface area contributed by atoms with Gasteiger partial charge in [-0.25, -0.2) is 13.6 Å². The first-order valence-electron chi connectivity index (χ1n) is 10.0. The molecule has 0 radical (unpaired) electrons. The molecule has 1 saturated heterocycles. The number of esters is 1. The number of ether oxygens (including phenoxy) is 1. The molecule has 3 aromatic carbocycles. The minimum Gasteiger partial charge on any atom is -0.507 e. The molecule has 4 rings (SSSR count). The first-order chi connectivity index (χ1) is 16.3. The van der Waals surface area contributed by atoms with E-state index in [-0.39, 0.29) is 34.9 Å². The molecule has 0 aromatic heterocycles. The zero-order chi connectivity index (χ0) is 24.2. The SMILES string of the molecule is O=C(OCc1ccccc1)c1cc(C=C2SC(=O)N(Cc3cc(F)cc(F)c3)C2=O)ccc1O. The monoisotopic (exact) mass is 481 g/mol. The number of rotatable bonds is 6. The predicted octanol–water partition coefficient (Wildman–Crippen LogP) is 5.26. The molecule has 6 nitrogen and oxygen atoms in total. The van der Waals surface area contributed by atoms with Gasteiger partial charge in [0.1, 0.15) is 29.6 Å². The average Bonchev–Trinajstić information content (AvgIpc) is 3.06. The van der Waals surface area contributed by atoms with Gasteiger partial charge in [-0.2, -0.15) is 0 Å². The molecule has 9 heteroatoms. The van der Waals surface area contributed by atoms with Crippen LogP contribution in [-0.4, -0.2) is 27.1 Å². The van der Waals surface area contributed by atoms with Crippen molar-refractivity contribution in [1.82, 2.24) is 4.90 Å². The number of hydrogen-bond acceptors (Lipinski definition) is 6.